The highest BCUT2D eigenvalue weighted by Crippen LogP contribution is 2.35. The van der Waals surface area contributed by atoms with Crippen LogP contribution >= 0.6 is 11.8 Å². The quantitative estimate of drug-likeness (QED) is 0.619. The molecule has 3 nitrogen and oxygen atoms in total. The lowest BCUT2D eigenvalue weighted by molar-refractivity contribution is -0.150. The zero-order valence-electron chi connectivity index (χ0n) is 10.3. The van der Waals surface area contributed by atoms with Crippen LogP contribution in [-0.4, -0.2) is 23.6 Å². The van der Waals surface area contributed by atoms with E-state index in [4.69, 9.17) is 4.74 Å². The Balaban J connectivity index is 1.97. The molecule has 18 heavy (non-hydrogen) atoms. The Morgan fingerprint density at radius 3 is 2.72 bits per heavy atom. The number of esters is 1. The number of benzene rings is 1. The van der Waals surface area contributed by atoms with E-state index in [2.05, 4.69) is 0 Å². The normalized spacial score (nSPS) is 23.1. The molecule has 0 bridgehead atoms. The lowest BCUT2D eigenvalue weighted by Crippen LogP contribution is -2.25. The number of ketones is 1. The second-order valence-electron chi connectivity index (χ2n) is 4.20. The molecule has 0 amide bonds. The minimum Gasteiger partial charge on any atom is -0.465 e. The summed E-state index contributed by atoms with van der Waals surface area (Å²) in [7, 11) is 0. The molecule has 0 N–H and O–H groups in total. The van der Waals surface area contributed by atoms with E-state index in [1.165, 1.54) is 0 Å². The van der Waals surface area contributed by atoms with Crippen LogP contribution in [0.2, 0.25) is 0 Å². The Morgan fingerprint density at radius 2 is 2.06 bits per heavy atom. The Bertz CT molecular complexity index is 430. The molecule has 1 aromatic rings. The predicted octanol–water partition coefficient (Wildman–Crippen LogP) is 2.69. The highest BCUT2D eigenvalue weighted by molar-refractivity contribution is 8.00. The van der Waals surface area contributed by atoms with Crippen molar-refractivity contribution in [3.63, 3.8) is 0 Å². The molecule has 1 saturated carbocycles. The Labute approximate surface area is 111 Å². The first-order valence-corrected chi connectivity index (χ1v) is 7.02. The van der Waals surface area contributed by atoms with Gasteiger partial charge in [-0.05, 0) is 31.9 Å². The summed E-state index contributed by atoms with van der Waals surface area (Å²) < 4.78 is 4.93. The van der Waals surface area contributed by atoms with Gasteiger partial charge in [0, 0.05) is 4.90 Å². The zero-order chi connectivity index (χ0) is 13.0. The van der Waals surface area contributed by atoms with Gasteiger partial charge >= 0.3 is 5.97 Å². The van der Waals surface area contributed by atoms with Gasteiger partial charge in [-0.2, -0.15) is 0 Å². The molecule has 1 aromatic carbocycles. The van der Waals surface area contributed by atoms with Gasteiger partial charge in [-0.25, -0.2) is 0 Å². The molecule has 0 spiro atoms. The average molecular weight is 264 g/mol. The van der Waals surface area contributed by atoms with Gasteiger partial charge in [0.1, 0.15) is 5.92 Å². The molecule has 1 aliphatic rings. The minimum absolute atomic E-state index is 0.0160. The predicted molar refractivity (Wildman–Crippen MR) is 70.5 cm³/mol. The highest BCUT2D eigenvalue weighted by Gasteiger charge is 2.40. The number of thioether (sulfide) groups is 1. The van der Waals surface area contributed by atoms with Gasteiger partial charge in [0.15, 0.2) is 5.78 Å². The van der Waals surface area contributed by atoms with E-state index in [0.717, 1.165) is 11.3 Å². The standard InChI is InChI=1S/C14H16O3S/c1-2-17-14(16)11-8-9-12(13(11)15)18-10-6-4-3-5-7-10/h3-7,11-12H,2,8-9H2,1H3. The fraction of sp³-hybridized carbons (Fsp3) is 0.429. The van der Waals surface area contributed by atoms with Crippen LogP contribution in [0.4, 0.5) is 0 Å². The van der Waals surface area contributed by atoms with Crippen LogP contribution in [0.25, 0.3) is 0 Å². The van der Waals surface area contributed by atoms with Crippen molar-refractivity contribution in [2.24, 2.45) is 5.92 Å². The topological polar surface area (TPSA) is 43.4 Å². The van der Waals surface area contributed by atoms with E-state index in [1.54, 1.807) is 18.7 Å². The second-order valence-corrected chi connectivity index (χ2v) is 5.48. The maximum absolute atomic E-state index is 12.1. The summed E-state index contributed by atoms with van der Waals surface area (Å²) in [5.74, 6) is -0.896. The number of hydrogen-bond acceptors (Lipinski definition) is 4. The van der Waals surface area contributed by atoms with Crippen molar-refractivity contribution in [2.75, 3.05) is 6.61 Å². The monoisotopic (exact) mass is 264 g/mol. The van der Waals surface area contributed by atoms with Crippen LogP contribution in [0, 0.1) is 5.92 Å². The molecular weight excluding hydrogens is 248 g/mol. The molecule has 1 fully saturated rings. The molecule has 2 atom stereocenters. The van der Waals surface area contributed by atoms with Crippen molar-refractivity contribution in [3.8, 4) is 0 Å². The third-order valence-electron chi connectivity index (χ3n) is 2.97. The first-order valence-electron chi connectivity index (χ1n) is 6.14. The van der Waals surface area contributed by atoms with Crippen molar-refractivity contribution >= 4 is 23.5 Å². The van der Waals surface area contributed by atoms with Gasteiger partial charge < -0.3 is 4.74 Å². The molecule has 96 valence electrons. The fourth-order valence-corrected chi connectivity index (χ4v) is 3.26. The number of Topliss-reactive ketones (excluding diaryl/α,β-unsaturated/α-hetero) is 1. The molecule has 0 radical (unpaired) electrons. The third kappa shape index (κ3) is 2.93. The number of ether oxygens (including phenoxy) is 1. The smallest absolute Gasteiger partial charge is 0.316 e. The number of carbonyl (C=O) groups excluding carboxylic acids is 2. The van der Waals surface area contributed by atoms with Gasteiger partial charge in [0.25, 0.3) is 0 Å². The first kappa shape index (κ1) is 13.1. The molecule has 4 heteroatoms. The van der Waals surface area contributed by atoms with E-state index < -0.39 is 5.92 Å². The van der Waals surface area contributed by atoms with Crippen molar-refractivity contribution in [2.45, 2.75) is 29.9 Å². The lowest BCUT2D eigenvalue weighted by atomic mass is 10.1. The van der Waals surface area contributed by atoms with E-state index in [9.17, 15) is 9.59 Å². The summed E-state index contributed by atoms with van der Waals surface area (Å²) >= 11 is 1.54. The van der Waals surface area contributed by atoms with Crippen molar-refractivity contribution in [3.05, 3.63) is 30.3 Å². The lowest BCUT2D eigenvalue weighted by Gasteiger charge is -2.09. The number of hydrogen-bond donors (Lipinski definition) is 0. The van der Waals surface area contributed by atoms with Crippen LogP contribution in [0.1, 0.15) is 19.8 Å². The fourth-order valence-electron chi connectivity index (χ4n) is 2.08. The molecule has 0 aliphatic heterocycles. The highest BCUT2D eigenvalue weighted by atomic mass is 32.2. The van der Waals surface area contributed by atoms with Crippen molar-refractivity contribution in [1.29, 1.82) is 0 Å². The van der Waals surface area contributed by atoms with Gasteiger partial charge in [-0.15, -0.1) is 11.8 Å². The number of rotatable bonds is 4. The Morgan fingerprint density at radius 1 is 1.33 bits per heavy atom. The third-order valence-corrected chi connectivity index (χ3v) is 4.27. The van der Waals surface area contributed by atoms with Crippen molar-refractivity contribution < 1.29 is 14.3 Å². The number of carbonyl (C=O) groups is 2. The summed E-state index contributed by atoms with van der Waals surface area (Å²) in [5.41, 5.74) is 0. The molecule has 0 aromatic heterocycles. The first-order chi connectivity index (χ1) is 8.72. The molecule has 2 rings (SSSR count). The van der Waals surface area contributed by atoms with Crippen molar-refractivity contribution in [1.82, 2.24) is 0 Å². The summed E-state index contributed by atoms with van der Waals surface area (Å²) in [6, 6.07) is 9.81. The van der Waals surface area contributed by atoms with Crippen LogP contribution in [0.15, 0.2) is 35.2 Å². The summed E-state index contributed by atoms with van der Waals surface area (Å²) in [6.07, 6.45) is 1.37. The molecule has 1 aliphatic carbocycles. The molecule has 0 heterocycles. The van der Waals surface area contributed by atoms with Crippen LogP contribution in [0.5, 0.6) is 0 Å². The average Bonchev–Trinajstić information content (AvgIpc) is 2.73. The summed E-state index contributed by atoms with van der Waals surface area (Å²) in [5, 5.41) is -0.109. The van der Waals surface area contributed by atoms with E-state index >= 15 is 0 Å². The molecule has 0 saturated heterocycles. The van der Waals surface area contributed by atoms with Crippen LogP contribution in [0.3, 0.4) is 0 Å². The largest absolute Gasteiger partial charge is 0.465 e. The van der Waals surface area contributed by atoms with Crippen LogP contribution < -0.4 is 0 Å². The van der Waals surface area contributed by atoms with Gasteiger partial charge in [-0.3, -0.25) is 9.59 Å². The zero-order valence-corrected chi connectivity index (χ0v) is 11.1. The second kappa shape index (κ2) is 6.05. The van der Waals surface area contributed by atoms with E-state index in [0.29, 0.717) is 13.0 Å². The maximum atomic E-state index is 12.1. The van der Waals surface area contributed by atoms with Gasteiger partial charge in [-0.1, -0.05) is 18.2 Å². The summed E-state index contributed by atoms with van der Waals surface area (Å²) in [4.78, 5) is 24.8. The maximum Gasteiger partial charge on any atom is 0.316 e. The van der Waals surface area contributed by atoms with Gasteiger partial charge in [0.05, 0.1) is 11.9 Å². The molecule has 2 unspecified atom stereocenters. The van der Waals surface area contributed by atoms with Crippen LogP contribution in [-0.2, 0) is 14.3 Å². The van der Waals surface area contributed by atoms with Gasteiger partial charge in [0.2, 0.25) is 0 Å². The Kier molecular flexibility index (Phi) is 4.42. The minimum atomic E-state index is -0.550. The van der Waals surface area contributed by atoms with E-state index in [-0.39, 0.29) is 17.0 Å². The SMILES string of the molecule is CCOC(=O)C1CCC(Sc2ccccc2)C1=O. The Hall–Kier alpha value is -1.29. The van der Waals surface area contributed by atoms with E-state index in [1.807, 2.05) is 30.3 Å². The molecular formula is C14H16O3S. The summed E-state index contributed by atoms with van der Waals surface area (Å²) in [6.45, 7) is 2.09.